The summed E-state index contributed by atoms with van der Waals surface area (Å²) in [6.45, 7) is 5.11. The van der Waals surface area contributed by atoms with Crippen molar-refractivity contribution in [1.82, 2.24) is 5.32 Å². The highest BCUT2D eigenvalue weighted by Crippen LogP contribution is 2.25. The molecular weight excluding hydrogens is 290 g/mol. The molecule has 0 aliphatic heterocycles. The molecule has 0 spiro atoms. The van der Waals surface area contributed by atoms with Crippen LogP contribution in [0.2, 0.25) is 0 Å². The third-order valence-corrected chi connectivity index (χ3v) is 3.38. The molecule has 1 unspecified atom stereocenters. The zero-order valence-corrected chi connectivity index (χ0v) is 12.3. The number of nitrogens with one attached hydrogen (secondary N) is 1. The second-order valence-electron chi connectivity index (χ2n) is 4.39. The highest BCUT2D eigenvalue weighted by molar-refractivity contribution is 9.10. The van der Waals surface area contributed by atoms with E-state index < -0.39 is 0 Å². The average Bonchev–Trinajstić information content (AvgIpc) is 2.78. The van der Waals surface area contributed by atoms with Crippen LogP contribution in [-0.2, 0) is 0 Å². The Hall–Kier alpha value is -1.06. The molecule has 3 heteroatoms. The quantitative estimate of drug-likeness (QED) is 0.883. The largest absolute Gasteiger partial charge is 0.464 e. The molecule has 0 bridgehead atoms. The van der Waals surface area contributed by atoms with Crippen LogP contribution in [-0.4, -0.2) is 6.54 Å². The molecule has 0 amide bonds. The molecular formula is C15H18BrNO. The average molecular weight is 308 g/mol. The van der Waals surface area contributed by atoms with Gasteiger partial charge in [-0.2, -0.15) is 0 Å². The van der Waals surface area contributed by atoms with Crippen LogP contribution < -0.4 is 5.32 Å². The number of furan rings is 1. The van der Waals surface area contributed by atoms with Crippen LogP contribution in [0.4, 0.5) is 0 Å². The molecule has 2 rings (SSSR count). The van der Waals surface area contributed by atoms with Gasteiger partial charge in [0, 0.05) is 4.47 Å². The molecule has 1 N–H and O–H groups in total. The normalized spacial score (nSPS) is 12.6. The Morgan fingerprint density at radius 2 is 1.89 bits per heavy atom. The predicted molar refractivity (Wildman–Crippen MR) is 77.7 cm³/mol. The molecule has 0 fully saturated rings. The maximum Gasteiger partial charge on any atom is 0.125 e. The molecule has 96 valence electrons. The maximum absolute atomic E-state index is 5.75. The molecule has 1 heterocycles. The van der Waals surface area contributed by atoms with E-state index in [0.29, 0.717) is 0 Å². The standard InChI is InChI=1S/C15H18BrNO/c1-3-10-17-15(14-9-4-11(2)18-14)12-5-7-13(16)8-6-12/h4-9,15,17H,3,10H2,1-2H3. The second kappa shape index (κ2) is 6.21. The minimum Gasteiger partial charge on any atom is -0.464 e. The monoisotopic (exact) mass is 307 g/mol. The van der Waals surface area contributed by atoms with E-state index in [1.807, 2.05) is 19.1 Å². The Labute approximate surface area is 117 Å². The first-order chi connectivity index (χ1) is 8.70. The predicted octanol–water partition coefficient (Wildman–Crippen LogP) is 4.44. The Morgan fingerprint density at radius 1 is 1.17 bits per heavy atom. The van der Waals surface area contributed by atoms with Crippen molar-refractivity contribution >= 4 is 15.9 Å². The number of benzene rings is 1. The van der Waals surface area contributed by atoms with Crippen LogP contribution in [0.3, 0.4) is 0 Å². The van der Waals surface area contributed by atoms with Crippen molar-refractivity contribution in [3.8, 4) is 0 Å². The first kappa shape index (κ1) is 13.4. The van der Waals surface area contributed by atoms with Crippen molar-refractivity contribution in [1.29, 1.82) is 0 Å². The highest BCUT2D eigenvalue weighted by Gasteiger charge is 2.16. The molecule has 1 aromatic heterocycles. The summed E-state index contributed by atoms with van der Waals surface area (Å²) in [7, 11) is 0. The topological polar surface area (TPSA) is 25.2 Å². The van der Waals surface area contributed by atoms with Crippen molar-refractivity contribution in [2.75, 3.05) is 6.54 Å². The van der Waals surface area contributed by atoms with Gasteiger partial charge < -0.3 is 9.73 Å². The zero-order chi connectivity index (χ0) is 13.0. The minimum atomic E-state index is 0.131. The van der Waals surface area contributed by atoms with Gasteiger partial charge in [0.15, 0.2) is 0 Å². The lowest BCUT2D eigenvalue weighted by Gasteiger charge is -2.17. The Kier molecular flexibility index (Phi) is 4.61. The van der Waals surface area contributed by atoms with Crippen LogP contribution >= 0.6 is 15.9 Å². The third-order valence-electron chi connectivity index (χ3n) is 2.85. The van der Waals surface area contributed by atoms with E-state index in [2.05, 4.69) is 52.4 Å². The maximum atomic E-state index is 5.75. The van der Waals surface area contributed by atoms with Crippen molar-refractivity contribution in [3.05, 3.63) is 58.0 Å². The number of aryl methyl sites for hydroxylation is 1. The van der Waals surface area contributed by atoms with E-state index >= 15 is 0 Å². The highest BCUT2D eigenvalue weighted by atomic mass is 79.9. The van der Waals surface area contributed by atoms with Crippen molar-refractivity contribution < 1.29 is 4.42 Å². The summed E-state index contributed by atoms with van der Waals surface area (Å²) < 4.78 is 6.85. The smallest absolute Gasteiger partial charge is 0.125 e. The fourth-order valence-corrected chi connectivity index (χ4v) is 2.20. The molecule has 0 saturated carbocycles. The van der Waals surface area contributed by atoms with Gasteiger partial charge in [-0.1, -0.05) is 35.0 Å². The SMILES string of the molecule is CCCNC(c1ccc(Br)cc1)c1ccc(C)o1. The van der Waals surface area contributed by atoms with Crippen LogP contribution in [0.5, 0.6) is 0 Å². The summed E-state index contributed by atoms with van der Waals surface area (Å²) in [5, 5.41) is 3.53. The van der Waals surface area contributed by atoms with E-state index in [-0.39, 0.29) is 6.04 Å². The lowest BCUT2D eigenvalue weighted by atomic mass is 10.0. The Bertz CT molecular complexity index is 489. The van der Waals surface area contributed by atoms with Gasteiger partial charge in [0.05, 0.1) is 6.04 Å². The molecule has 1 aromatic carbocycles. The van der Waals surface area contributed by atoms with Gasteiger partial charge in [0.25, 0.3) is 0 Å². The van der Waals surface area contributed by atoms with Crippen LogP contribution in [0.15, 0.2) is 45.3 Å². The molecule has 0 saturated heterocycles. The van der Waals surface area contributed by atoms with Gasteiger partial charge in [0.1, 0.15) is 11.5 Å². The number of hydrogen-bond acceptors (Lipinski definition) is 2. The lowest BCUT2D eigenvalue weighted by molar-refractivity contribution is 0.430. The Balaban J connectivity index is 2.27. The number of hydrogen-bond donors (Lipinski definition) is 1. The van der Waals surface area contributed by atoms with Crippen molar-refractivity contribution in [2.24, 2.45) is 0 Å². The van der Waals surface area contributed by atoms with Gasteiger partial charge in [-0.25, -0.2) is 0 Å². The molecule has 0 aliphatic carbocycles. The van der Waals surface area contributed by atoms with E-state index in [1.165, 1.54) is 5.56 Å². The summed E-state index contributed by atoms with van der Waals surface area (Å²) in [5.41, 5.74) is 1.22. The van der Waals surface area contributed by atoms with Crippen LogP contribution in [0, 0.1) is 6.92 Å². The first-order valence-corrected chi connectivity index (χ1v) is 7.05. The lowest BCUT2D eigenvalue weighted by Crippen LogP contribution is -2.22. The van der Waals surface area contributed by atoms with E-state index in [9.17, 15) is 0 Å². The third kappa shape index (κ3) is 3.24. The summed E-state index contributed by atoms with van der Waals surface area (Å²) in [6, 6.07) is 12.5. The van der Waals surface area contributed by atoms with E-state index in [0.717, 1.165) is 29.0 Å². The van der Waals surface area contributed by atoms with E-state index in [1.54, 1.807) is 0 Å². The summed E-state index contributed by atoms with van der Waals surface area (Å²) in [5.74, 6) is 1.92. The molecule has 2 aromatic rings. The van der Waals surface area contributed by atoms with Gasteiger partial charge in [-0.05, 0) is 49.7 Å². The number of rotatable bonds is 5. The van der Waals surface area contributed by atoms with Gasteiger partial charge in [-0.3, -0.25) is 0 Å². The molecule has 18 heavy (non-hydrogen) atoms. The molecule has 2 nitrogen and oxygen atoms in total. The van der Waals surface area contributed by atoms with Crippen LogP contribution in [0.25, 0.3) is 0 Å². The van der Waals surface area contributed by atoms with Crippen molar-refractivity contribution in [2.45, 2.75) is 26.3 Å². The fourth-order valence-electron chi connectivity index (χ4n) is 1.94. The Morgan fingerprint density at radius 3 is 2.44 bits per heavy atom. The van der Waals surface area contributed by atoms with Crippen molar-refractivity contribution in [3.63, 3.8) is 0 Å². The van der Waals surface area contributed by atoms with Crippen LogP contribution in [0.1, 0.15) is 36.5 Å². The zero-order valence-electron chi connectivity index (χ0n) is 10.7. The summed E-state index contributed by atoms with van der Waals surface area (Å²) >= 11 is 3.46. The summed E-state index contributed by atoms with van der Waals surface area (Å²) in [4.78, 5) is 0. The fraction of sp³-hybridized carbons (Fsp3) is 0.333. The molecule has 0 aliphatic rings. The van der Waals surface area contributed by atoms with Gasteiger partial charge in [0.2, 0.25) is 0 Å². The summed E-state index contributed by atoms with van der Waals surface area (Å²) in [6.07, 6.45) is 1.10. The minimum absolute atomic E-state index is 0.131. The van der Waals surface area contributed by atoms with Gasteiger partial charge >= 0.3 is 0 Å². The van der Waals surface area contributed by atoms with Gasteiger partial charge in [-0.15, -0.1) is 0 Å². The van der Waals surface area contributed by atoms with E-state index in [4.69, 9.17) is 4.42 Å². The first-order valence-electron chi connectivity index (χ1n) is 6.26. The molecule has 1 atom stereocenters. The number of halogens is 1. The second-order valence-corrected chi connectivity index (χ2v) is 5.30. The molecule has 0 radical (unpaired) electrons.